The molecule has 0 amide bonds. The standard InChI is InChI=1S/C62H110FO2P/c1-14-18-22-26-30-34-38-46-58(5,6)52-42-44-54(56(50-52)60(9,10)48-40-36-32-28-24-20-16-3)62(13,65-66(63)64)55-45-43-53(59(7,8)47-39-35-31-27-23-19-15-2)51-57(55)61(11,12)49-41-37-33-29-25-21-17-4/h42-45,50-51,64H,14-41,46-49H2,1-13H3. The van der Waals surface area contributed by atoms with Crippen LogP contribution in [0.25, 0.3) is 0 Å². The zero-order valence-corrected chi connectivity index (χ0v) is 47.2. The molecule has 0 bridgehead atoms. The van der Waals surface area contributed by atoms with E-state index in [-0.39, 0.29) is 21.7 Å². The van der Waals surface area contributed by atoms with Crippen molar-refractivity contribution in [1.82, 2.24) is 0 Å². The molecule has 1 unspecified atom stereocenters. The summed E-state index contributed by atoms with van der Waals surface area (Å²) in [6.07, 6.45) is 40.6. The fourth-order valence-electron chi connectivity index (χ4n) is 10.9. The van der Waals surface area contributed by atoms with Crippen LogP contribution < -0.4 is 0 Å². The highest BCUT2D eigenvalue weighted by Crippen LogP contribution is 2.53. The van der Waals surface area contributed by atoms with Crippen LogP contribution in [0.5, 0.6) is 0 Å². The summed E-state index contributed by atoms with van der Waals surface area (Å²) in [6.45, 7) is 30.6. The molecular formula is C62H110FO2P. The smallest absolute Gasteiger partial charge is 0.325 e. The highest BCUT2D eigenvalue weighted by atomic mass is 31.2. The monoisotopic (exact) mass is 937 g/mol. The number of hydrogen-bond donors (Lipinski definition) is 1. The second-order valence-corrected chi connectivity index (χ2v) is 24.5. The largest absolute Gasteiger partial charge is 0.373 e. The molecule has 2 aromatic carbocycles. The predicted molar refractivity (Wildman–Crippen MR) is 293 cm³/mol. The van der Waals surface area contributed by atoms with Gasteiger partial charge in [-0.2, -0.15) is 4.20 Å². The van der Waals surface area contributed by atoms with Gasteiger partial charge in [-0.15, -0.1) is 0 Å². The molecule has 0 saturated heterocycles. The van der Waals surface area contributed by atoms with Crippen LogP contribution in [-0.2, 0) is 31.8 Å². The van der Waals surface area contributed by atoms with Crippen LogP contribution in [-0.4, -0.2) is 4.89 Å². The number of benzene rings is 2. The van der Waals surface area contributed by atoms with Gasteiger partial charge in [0.05, 0.1) is 0 Å². The van der Waals surface area contributed by atoms with Crippen molar-refractivity contribution in [2.24, 2.45) is 0 Å². The van der Waals surface area contributed by atoms with E-state index in [0.717, 1.165) is 49.7 Å². The summed E-state index contributed by atoms with van der Waals surface area (Å²) in [5.41, 5.74) is 5.65. The molecule has 2 aromatic rings. The molecule has 0 heterocycles. The van der Waals surface area contributed by atoms with Crippen LogP contribution in [0, 0.1) is 0 Å². The van der Waals surface area contributed by atoms with Crippen molar-refractivity contribution in [2.75, 3.05) is 0 Å². The molecule has 4 heteroatoms. The molecule has 2 rings (SSSR count). The topological polar surface area (TPSA) is 29.5 Å². The van der Waals surface area contributed by atoms with E-state index in [1.54, 1.807) is 0 Å². The summed E-state index contributed by atoms with van der Waals surface area (Å²) >= 11 is 0. The number of unbranched alkanes of at least 4 members (excludes halogenated alkanes) is 24. The van der Waals surface area contributed by atoms with Crippen molar-refractivity contribution in [3.8, 4) is 0 Å². The lowest BCUT2D eigenvalue weighted by molar-refractivity contribution is 0.116. The van der Waals surface area contributed by atoms with Gasteiger partial charge in [-0.1, -0.05) is 299 Å². The van der Waals surface area contributed by atoms with Gasteiger partial charge < -0.3 is 4.89 Å². The fraction of sp³-hybridized carbons (Fsp3) is 0.806. The predicted octanol–water partition coefficient (Wildman–Crippen LogP) is 21.8. The number of halogens is 1. The molecule has 0 aliphatic heterocycles. The van der Waals surface area contributed by atoms with Gasteiger partial charge >= 0.3 is 8.69 Å². The van der Waals surface area contributed by atoms with Gasteiger partial charge in [-0.25, -0.2) is 0 Å². The van der Waals surface area contributed by atoms with Gasteiger partial charge in [0.25, 0.3) is 0 Å². The Morgan fingerprint density at radius 1 is 0.364 bits per heavy atom. The lowest BCUT2D eigenvalue weighted by atomic mass is 9.67. The van der Waals surface area contributed by atoms with Crippen molar-refractivity contribution < 1.29 is 13.6 Å². The molecule has 0 aliphatic carbocycles. The molecule has 2 nitrogen and oxygen atoms in total. The molecule has 1 N–H and O–H groups in total. The van der Waals surface area contributed by atoms with Crippen molar-refractivity contribution in [1.29, 1.82) is 0 Å². The summed E-state index contributed by atoms with van der Waals surface area (Å²) < 4.78 is 22.1. The summed E-state index contributed by atoms with van der Waals surface area (Å²) in [6, 6.07) is 14.2. The molecule has 0 aromatic heterocycles. The van der Waals surface area contributed by atoms with Gasteiger partial charge in [0, 0.05) is 0 Å². The Hall–Kier alpha value is -1.28. The van der Waals surface area contributed by atoms with Crippen LogP contribution in [0.15, 0.2) is 36.4 Å². The lowest BCUT2D eigenvalue weighted by Gasteiger charge is -2.41. The van der Waals surface area contributed by atoms with E-state index in [0.29, 0.717) is 0 Å². The Morgan fingerprint density at radius 3 is 0.864 bits per heavy atom. The van der Waals surface area contributed by atoms with E-state index in [2.05, 4.69) is 126 Å². The van der Waals surface area contributed by atoms with Gasteiger partial charge in [0.1, 0.15) is 5.60 Å². The van der Waals surface area contributed by atoms with Crippen LogP contribution >= 0.6 is 8.69 Å². The van der Waals surface area contributed by atoms with Gasteiger partial charge in [0.2, 0.25) is 0 Å². The molecule has 0 spiro atoms. The van der Waals surface area contributed by atoms with Crippen molar-refractivity contribution in [2.45, 2.75) is 323 Å². The molecular weight excluding hydrogens is 827 g/mol. The Kier molecular flexibility index (Phi) is 29.4. The number of rotatable bonds is 40. The lowest BCUT2D eigenvalue weighted by Crippen LogP contribution is -2.35. The summed E-state index contributed by atoms with van der Waals surface area (Å²) in [5, 5.41) is 0. The third-order valence-electron chi connectivity index (χ3n) is 16.0. The molecule has 0 radical (unpaired) electrons. The summed E-state index contributed by atoms with van der Waals surface area (Å²) in [5.74, 6) is 0. The Bertz CT molecular complexity index is 1450. The van der Waals surface area contributed by atoms with E-state index in [9.17, 15) is 4.89 Å². The molecule has 0 aliphatic rings. The maximum Gasteiger partial charge on any atom is 0.373 e. The third kappa shape index (κ3) is 21.4. The van der Waals surface area contributed by atoms with Crippen molar-refractivity contribution >= 4 is 8.69 Å². The van der Waals surface area contributed by atoms with E-state index in [4.69, 9.17) is 4.52 Å². The average molecular weight is 938 g/mol. The minimum atomic E-state index is -3.17. The first-order valence-corrected chi connectivity index (χ1v) is 29.6. The van der Waals surface area contributed by atoms with E-state index < -0.39 is 14.3 Å². The zero-order chi connectivity index (χ0) is 49.1. The van der Waals surface area contributed by atoms with E-state index in [1.807, 2.05) is 0 Å². The first-order valence-electron chi connectivity index (χ1n) is 28.5. The SMILES string of the molecule is CCCCCCCCCC(C)(C)c1ccc(C(C)(OP(O)F)c2ccc(C(C)(C)CCCCCCCCC)cc2C(C)(C)CCCCCCCCC)c(C(C)(C)CCCCCCCCC)c1. The molecule has 66 heavy (non-hydrogen) atoms. The fourth-order valence-corrected chi connectivity index (χ4v) is 11.4. The number of hydrogen-bond acceptors (Lipinski definition) is 2. The maximum absolute atomic E-state index is 15.7. The van der Waals surface area contributed by atoms with Crippen LogP contribution in [0.3, 0.4) is 0 Å². The van der Waals surface area contributed by atoms with Gasteiger partial charge in [-0.05, 0) is 87.6 Å². The van der Waals surface area contributed by atoms with Gasteiger partial charge in [-0.3, -0.25) is 4.52 Å². The molecule has 382 valence electrons. The minimum absolute atomic E-state index is 0.000565. The first kappa shape index (κ1) is 60.8. The van der Waals surface area contributed by atoms with E-state index in [1.165, 1.54) is 189 Å². The second-order valence-electron chi connectivity index (χ2n) is 23.9. The van der Waals surface area contributed by atoms with Crippen molar-refractivity contribution in [3.05, 3.63) is 69.8 Å². The Balaban J connectivity index is 2.77. The molecule has 0 fully saturated rings. The molecule has 1 atom stereocenters. The van der Waals surface area contributed by atoms with Crippen LogP contribution in [0.2, 0.25) is 0 Å². The minimum Gasteiger partial charge on any atom is -0.325 e. The van der Waals surface area contributed by atoms with Crippen LogP contribution in [0.1, 0.15) is 329 Å². The van der Waals surface area contributed by atoms with Crippen LogP contribution in [0.4, 0.5) is 4.20 Å². The highest BCUT2D eigenvalue weighted by Gasteiger charge is 2.43. The highest BCUT2D eigenvalue weighted by molar-refractivity contribution is 7.40. The third-order valence-corrected chi connectivity index (χ3v) is 16.5. The average Bonchev–Trinajstić information content (AvgIpc) is 3.27. The maximum atomic E-state index is 15.7. The zero-order valence-electron chi connectivity index (χ0n) is 46.3. The molecule has 0 saturated carbocycles. The summed E-state index contributed by atoms with van der Waals surface area (Å²) in [7, 11) is -3.17. The van der Waals surface area contributed by atoms with E-state index >= 15 is 4.20 Å². The van der Waals surface area contributed by atoms with Crippen molar-refractivity contribution in [3.63, 3.8) is 0 Å². The normalized spacial score (nSPS) is 13.5. The second kappa shape index (κ2) is 31.8. The first-order chi connectivity index (χ1) is 31.3. The Morgan fingerprint density at radius 2 is 0.606 bits per heavy atom. The summed E-state index contributed by atoms with van der Waals surface area (Å²) in [4.78, 5) is 10.8. The quantitative estimate of drug-likeness (QED) is 0.0533. The van der Waals surface area contributed by atoms with Gasteiger partial charge in [0.15, 0.2) is 0 Å². The Labute approximate surface area is 413 Å².